The Morgan fingerprint density at radius 2 is 2.07 bits per heavy atom. The predicted molar refractivity (Wildman–Crippen MR) is 96.7 cm³/mol. The zero-order chi connectivity index (χ0) is 20.4. The number of hydrogen-bond donors (Lipinski definition) is 1. The van der Waals surface area contributed by atoms with Crippen molar-refractivity contribution < 1.29 is 19.6 Å². The lowest BCUT2D eigenvalue weighted by atomic mass is 9.97. The average Bonchev–Trinajstić information content (AvgIpc) is 3.08. The highest BCUT2D eigenvalue weighted by Crippen LogP contribution is 2.44. The van der Waals surface area contributed by atoms with Gasteiger partial charge in [0.1, 0.15) is 24.1 Å². The maximum absolute atomic E-state index is 13.0. The Morgan fingerprint density at radius 1 is 1.31 bits per heavy atom. The van der Waals surface area contributed by atoms with Crippen molar-refractivity contribution in [3.8, 4) is 17.5 Å². The first-order valence-electron chi connectivity index (χ1n) is 8.54. The Labute approximate surface area is 161 Å². The molecule has 0 bridgehead atoms. The third-order valence-electron chi connectivity index (χ3n) is 5.26. The second-order valence-electron chi connectivity index (χ2n) is 6.69. The van der Waals surface area contributed by atoms with Gasteiger partial charge in [-0.1, -0.05) is 18.2 Å². The highest BCUT2D eigenvalue weighted by Gasteiger charge is 2.43. The molecule has 1 unspecified atom stereocenters. The van der Waals surface area contributed by atoms with Crippen molar-refractivity contribution in [2.24, 2.45) is 0 Å². The number of esters is 1. The minimum atomic E-state index is -1.95. The lowest BCUT2D eigenvalue weighted by molar-refractivity contribution is -0.385. The molecule has 2 aliphatic heterocycles. The number of para-hydroxylation sites is 1. The summed E-state index contributed by atoms with van der Waals surface area (Å²) in [4.78, 5) is 40.5. The van der Waals surface area contributed by atoms with Crippen molar-refractivity contribution in [1.29, 1.82) is 5.26 Å². The minimum absolute atomic E-state index is 0.0810. The van der Waals surface area contributed by atoms with E-state index in [1.54, 1.807) is 24.3 Å². The monoisotopic (exact) mass is 390 g/mol. The zero-order valence-corrected chi connectivity index (χ0v) is 14.6. The molecule has 2 aliphatic rings. The summed E-state index contributed by atoms with van der Waals surface area (Å²) in [5.74, 6) is -1.06. The number of fused-ring (bicyclic) bond motifs is 5. The normalized spacial score (nSPS) is 16.6. The highest BCUT2D eigenvalue weighted by atomic mass is 16.6. The van der Waals surface area contributed by atoms with Crippen LogP contribution in [0.4, 0.5) is 5.69 Å². The molecule has 2 aromatic heterocycles. The largest absolute Gasteiger partial charge is 0.458 e. The first-order valence-corrected chi connectivity index (χ1v) is 8.54. The summed E-state index contributed by atoms with van der Waals surface area (Å²) in [5.41, 5.74) is -0.623. The van der Waals surface area contributed by atoms with Crippen molar-refractivity contribution in [1.82, 2.24) is 9.55 Å². The summed E-state index contributed by atoms with van der Waals surface area (Å²) in [6, 6.07) is 8.93. The first kappa shape index (κ1) is 17.0. The summed E-state index contributed by atoms with van der Waals surface area (Å²) in [7, 11) is 0. The first-order chi connectivity index (χ1) is 13.9. The van der Waals surface area contributed by atoms with Crippen molar-refractivity contribution in [2.75, 3.05) is 0 Å². The van der Waals surface area contributed by atoms with E-state index < -0.39 is 34.9 Å². The van der Waals surface area contributed by atoms with Gasteiger partial charge in [-0.3, -0.25) is 19.5 Å². The quantitative estimate of drug-likeness (QED) is 0.290. The molecule has 0 radical (unpaired) electrons. The molecular formula is C19H10N4O6. The van der Waals surface area contributed by atoms with Crippen LogP contribution >= 0.6 is 0 Å². The average molecular weight is 390 g/mol. The maximum atomic E-state index is 13.0. The molecular weight excluding hydrogens is 380 g/mol. The van der Waals surface area contributed by atoms with E-state index >= 15 is 0 Å². The number of cyclic esters (lactones) is 1. The number of ether oxygens (including phenoxy) is 1. The third-order valence-corrected chi connectivity index (χ3v) is 5.26. The number of carbonyl (C=O) groups excluding carboxylic acids is 1. The lowest BCUT2D eigenvalue weighted by Gasteiger charge is -2.21. The van der Waals surface area contributed by atoms with Crippen LogP contribution < -0.4 is 5.56 Å². The van der Waals surface area contributed by atoms with E-state index in [2.05, 4.69) is 11.1 Å². The second kappa shape index (κ2) is 5.70. The van der Waals surface area contributed by atoms with E-state index in [0.29, 0.717) is 16.5 Å². The fourth-order valence-corrected chi connectivity index (χ4v) is 4.01. The van der Waals surface area contributed by atoms with E-state index in [4.69, 9.17) is 4.74 Å². The van der Waals surface area contributed by atoms with Crippen LogP contribution in [0.5, 0.6) is 0 Å². The molecule has 0 amide bonds. The number of hydrogen-bond acceptors (Lipinski definition) is 8. The Hall–Kier alpha value is -4.10. The molecule has 0 spiro atoms. The van der Waals surface area contributed by atoms with Gasteiger partial charge in [-0.15, -0.1) is 0 Å². The Balaban J connectivity index is 1.96. The van der Waals surface area contributed by atoms with Gasteiger partial charge in [-0.05, 0) is 6.07 Å². The van der Waals surface area contributed by atoms with Crippen LogP contribution in [0.2, 0.25) is 0 Å². The van der Waals surface area contributed by atoms with Crippen LogP contribution in [0, 0.1) is 21.4 Å². The van der Waals surface area contributed by atoms with Gasteiger partial charge < -0.3 is 9.84 Å². The highest BCUT2D eigenvalue weighted by molar-refractivity contribution is 5.92. The number of rotatable bonds is 1. The van der Waals surface area contributed by atoms with E-state index in [-0.39, 0.29) is 34.6 Å². The van der Waals surface area contributed by atoms with E-state index in [1.807, 2.05) is 0 Å². The molecule has 10 nitrogen and oxygen atoms in total. The van der Waals surface area contributed by atoms with Gasteiger partial charge in [0.2, 0.25) is 0 Å². The maximum Gasteiger partial charge on any atom is 0.340 e. The van der Waals surface area contributed by atoms with Gasteiger partial charge in [0.25, 0.3) is 5.56 Å². The third kappa shape index (κ3) is 2.10. The van der Waals surface area contributed by atoms with Crippen molar-refractivity contribution in [3.05, 3.63) is 67.0 Å². The molecule has 1 N–H and O–H groups in total. The Morgan fingerprint density at radius 3 is 2.79 bits per heavy atom. The molecule has 29 heavy (non-hydrogen) atoms. The summed E-state index contributed by atoms with van der Waals surface area (Å²) in [5, 5.41) is 32.5. The summed E-state index contributed by atoms with van der Waals surface area (Å²) >= 11 is 0. The van der Waals surface area contributed by atoms with Gasteiger partial charge in [-0.2, -0.15) is 5.26 Å². The number of aliphatic hydroxyl groups excluding tert-OH is 1. The van der Waals surface area contributed by atoms with Crippen molar-refractivity contribution in [3.63, 3.8) is 0 Å². The van der Waals surface area contributed by atoms with Gasteiger partial charge in [-0.25, -0.2) is 9.78 Å². The molecule has 1 atom stereocenters. The molecule has 0 saturated heterocycles. The zero-order valence-electron chi connectivity index (χ0n) is 14.6. The molecule has 3 aromatic rings. The number of benzene rings is 1. The number of pyridine rings is 2. The van der Waals surface area contributed by atoms with Gasteiger partial charge in [0.15, 0.2) is 6.10 Å². The summed E-state index contributed by atoms with van der Waals surface area (Å²) < 4.78 is 5.94. The number of nitriles is 1. The van der Waals surface area contributed by atoms with Crippen molar-refractivity contribution in [2.45, 2.75) is 19.3 Å². The topological polar surface area (TPSA) is 148 Å². The SMILES string of the molecule is N#Cc1c2c(nc3ccccc13)-c1c([N+](=O)[O-])c3c(c(=O)n1C2)COC(=O)C3O. The number of carbonyl (C=O) groups is 1. The predicted octanol–water partition coefficient (Wildman–Crippen LogP) is 1.30. The fourth-order valence-electron chi connectivity index (χ4n) is 4.01. The molecule has 0 aliphatic carbocycles. The molecule has 4 heterocycles. The number of aromatic nitrogens is 2. The molecule has 10 heteroatoms. The van der Waals surface area contributed by atoms with Crippen LogP contribution in [0.1, 0.15) is 28.4 Å². The van der Waals surface area contributed by atoms with Crippen molar-refractivity contribution >= 4 is 22.6 Å². The number of nitrogens with zero attached hydrogens (tertiary/aromatic N) is 4. The molecule has 0 saturated carbocycles. The summed E-state index contributed by atoms with van der Waals surface area (Å²) in [6.45, 7) is -0.551. The molecule has 1 aromatic carbocycles. The van der Waals surface area contributed by atoms with E-state index in [0.717, 1.165) is 4.57 Å². The molecule has 142 valence electrons. The summed E-state index contributed by atoms with van der Waals surface area (Å²) in [6.07, 6.45) is -1.95. The van der Waals surface area contributed by atoms with Crippen LogP contribution in [0.25, 0.3) is 22.3 Å². The molecule has 0 fully saturated rings. The van der Waals surface area contributed by atoms with Crippen LogP contribution in [0.15, 0.2) is 29.1 Å². The van der Waals surface area contributed by atoms with Gasteiger partial charge >= 0.3 is 11.7 Å². The lowest BCUT2D eigenvalue weighted by Crippen LogP contribution is -2.33. The standard InChI is InChI=1S/C19H10N4O6/c20-5-9-8-3-1-2-4-12(8)21-14-10(9)6-22-16(14)15(23(27)28)13-11(18(22)25)7-29-19(26)17(13)24/h1-4,17,24H,6-7H2. The van der Waals surface area contributed by atoms with E-state index in [9.17, 15) is 30.1 Å². The van der Waals surface area contributed by atoms with E-state index in [1.165, 1.54) is 0 Å². The van der Waals surface area contributed by atoms with Crippen LogP contribution in [0.3, 0.4) is 0 Å². The Kier molecular flexibility index (Phi) is 3.35. The van der Waals surface area contributed by atoms with Crippen LogP contribution in [-0.4, -0.2) is 25.6 Å². The fraction of sp³-hybridized carbons (Fsp3) is 0.158. The molecule has 5 rings (SSSR count). The smallest absolute Gasteiger partial charge is 0.340 e. The Bertz CT molecular complexity index is 1380. The second-order valence-corrected chi connectivity index (χ2v) is 6.69. The minimum Gasteiger partial charge on any atom is -0.458 e. The number of nitro groups is 1. The van der Waals surface area contributed by atoms with Gasteiger partial charge in [0, 0.05) is 10.9 Å². The van der Waals surface area contributed by atoms with Crippen LogP contribution in [-0.2, 0) is 22.7 Å². The van der Waals surface area contributed by atoms with Gasteiger partial charge in [0.05, 0.1) is 33.7 Å². The number of aliphatic hydroxyl groups is 1.